The fourth-order valence-corrected chi connectivity index (χ4v) is 3.75. The lowest BCUT2D eigenvalue weighted by molar-refractivity contribution is 0.577. The number of fused-ring (bicyclic) bond motifs is 1. The van der Waals surface area contributed by atoms with Gasteiger partial charge < -0.3 is 0 Å². The molecule has 0 saturated heterocycles. The molecule has 2 aliphatic rings. The van der Waals surface area contributed by atoms with Crippen LogP contribution in [0.4, 0.5) is 0 Å². The maximum atomic E-state index is 11.1. The minimum Gasteiger partial charge on any atom is -0.296 e. The second-order valence-electron chi connectivity index (χ2n) is 2.48. The molecule has 0 aliphatic carbocycles. The SMILES string of the molecule is CSC1=NSC2=NS(=O)(=O)CCN12. The minimum atomic E-state index is -3.23. The van der Waals surface area contributed by atoms with Crippen LogP contribution in [0.25, 0.3) is 0 Å². The van der Waals surface area contributed by atoms with Gasteiger partial charge in [-0.1, -0.05) is 11.8 Å². The summed E-state index contributed by atoms with van der Waals surface area (Å²) in [5.74, 6) is 0.0800. The molecule has 0 amide bonds. The lowest BCUT2D eigenvalue weighted by atomic mass is 10.6. The molecule has 72 valence electrons. The summed E-state index contributed by atoms with van der Waals surface area (Å²) >= 11 is 2.62. The van der Waals surface area contributed by atoms with Gasteiger partial charge in [0.2, 0.25) is 5.17 Å². The van der Waals surface area contributed by atoms with Gasteiger partial charge in [0.25, 0.3) is 10.0 Å². The molecule has 0 saturated carbocycles. The molecule has 0 aromatic carbocycles. The van der Waals surface area contributed by atoms with Crippen LogP contribution >= 0.6 is 23.7 Å². The number of hydrogen-bond donors (Lipinski definition) is 0. The highest BCUT2D eigenvalue weighted by Gasteiger charge is 2.31. The van der Waals surface area contributed by atoms with Crippen molar-refractivity contribution in [1.29, 1.82) is 0 Å². The number of hydrogen-bond acceptors (Lipinski definition) is 6. The highest BCUT2D eigenvalue weighted by Crippen LogP contribution is 2.27. The molecule has 0 aromatic rings. The number of sulfonamides is 1. The summed E-state index contributed by atoms with van der Waals surface area (Å²) in [6, 6.07) is 0. The van der Waals surface area contributed by atoms with E-state index in [9.17, 15) is 8.42 Å². The molecule has 13 heavy (non-hydrogen) atoms. The van der Waals surface area contributed by atoms with Gasteiger partial charge in [-0.2, -0.15) is 4.40 Å². The maximum absolute atomic E-state index is 11.1. The highest BCUT2D eigenvalue weighted by atomic mass is 32.2. The first-order chi connectivity index (χ1) is 6.12. The van der Waals surface area contributed by atoms with Crippen molar-refractivity contribution in [1.82, 2.24) is 4.90 Å². The molecular weight excluding hydrogens is 230 g/mol. The fourth-order valence-electron chi connectivity index (χ4n) is 1.04. The number of amidine groups is 2. The van der Waals surface area contributed by atoms with Crippen LogP contribution in [0.3, 0.4) is 0 Å². The molecule has 0 N–H and O–H groups in total. The van der Waals surface area contributed by atoms with E-state index in [1.165, 1.54) is 11.8 Å². The Hall–Kier alpha value is -0.210. The average molecular weight is 237 g/mol. The predicted molar refractivity (Wildman–Crippen MR) is 56.5 cm³/mol. The molecule has 0 aromatic heterocycles. The lowest BCUT2D eigenvalue weighted by Gasteiger charge is -2.21. The smallest absolute Gasteiger partial charge is 0.257 e. The van der Waals surface area contributed by atoms with Crippen LogP contribution in [-0.4, -0.2) is 42.2 Å². The Morgan fingerprint density at radius 3 is 3.08 bits per heavy atom. The van der Waals surface area contributed by atoms with Gasteiger partial charge in [0.05, 0.1) is 17.7 Å². The van der Waals surface area contributed by atoms with Crippen molar-refractivity contribution in [2.75, 3.05) is 18.6 Å². The van der Waals surface area contributed by atoms with Gasteiger partial charge in [0.15, 0.2) is 5.17 Å². The molecule has 0 radical (unpaired) electrons. The summed E-state index contributed by atoms with van der Waals surface area (Å²) in [5, 5.41) is 1.31. The van der Waals surface area contributed by atoms with Gasteiger partial charge in [0.1, 0.15) is 0 Å². The van der Waals surface area contributed by atoms with Crippen LogP contribution in [0.1, 0.15) is 0 Å². The van der Waals surface area contributed by atoms with Crippen LogP contribution in [0.15, 0.2) is 8.80 Å². The lowest BCUT2D eigenvalue weighted by Crippen LogP contribution is -2.37. The summed E-state index contributed by atoms with van der Waals surface area (Å²) < 4.78 is 29.9. The number of rotatable bonds is 0. The molecule has 0 fully saturated rings. The standard InChI is InChI=1S/C5H7N3O2S3/c1-11-4-6-12-5-7-13(9,10)3-2-8(4)5/h2-3H2,1H3. The second-order valence-corrected chi connectivity index (χ2v) is 5.74. The van der Waals surface area contributed by atoms with Crippen molar-refractivity contribution < 1.29 is 8.42 Å². The van der Waals surface area contributed by atoms with Gasteiger partial charge in [-0.15, -0.1) is 4.40 Å². The maximum Gasteiger partial charge on any atom is 0.257 e. The quantitative estimate of drug-likeness (QED) is 0.570. The summed E-state index contributed by atoms with van der Waals surface area (Å²) in [6.45, 7) is 0.466. The number of thioether (sulfide) groups is 1. The van der Waals surface area contributed by atoms with Crippen molar-refractivity contribution in [3.63, 3.8) is 0 Å². The highest BCUT2D eigenvalue weighted by molar-refractivity contribution is 8.19. The molecule has 8 heteroatoms. The van der Waals surface area contributed by atoms with Crippen molar-refractivity contribution in [2.24, 2.45) is 8.80 Å². The van der Waals surface area contributed by atoms with Crippen LogP contribution < -0.4 is 0 Å². The van der Waals surface area contributed by atoms with Crippen molar-refractivity contribution >= 4 is 44.1 Å². The topological polar surface area (TPSA) is 62.1 Å². The monoisotopic (exact) mass is 237 g/mol. The van der Waals surface area contributed by atoms with E-state index in [-0.39, 0.29) is 5.75 Å². The van der Waals surface area contributed by atoms with E-state index in [4.69, 9.17) is 0 Å². The molecule has 0 atom stereocenters. The Balaban J connectivity index is 2.33. The van der Waals surface area contributed by atoms with Gasteiger partial charge in [-0.25, -0.2) is 8.42 Å². The van der Waals surface area contributed by atoms with Gasteiger partial charge in [0, 0.05) is 6.54 Å². The number of nitrogens with zero attached hydrogens (tertiary/aromatic N) is 3. The zero-order valence-electron chi connectivity index (χ0n) is 6.80. The summed E-state index contributed by atoms with van der Waals surface area (Å²) in [5.41, 5.74) is 0. The minimum absolute atomic E-state index is 0.0800. The van der Waals surface area contributed by atoms with E-state index >= 15 is 0 Å². The predicted octanol–water partition coefficient (Wildman–Crippen LogP) is 0.369. The molecule has 2 heterocycles. The third-order valence-corrected chi connectivity index (χ3v) is 4.44. The zero-order valence-corrected chi connectivity index (χ0v) is 9.25. The van der Waals surface area contributed by atoms with Gasteiger partial charge in [-0.05, 0) is 6.26 Å². The molecular formula is C5H7N3O2S3. The van der Waals surface area contributed by atoms with E-state index in [1.807, 2.05) is 11.2 Å². The normalized spacial score (nSPS) is 25.2. The van der Waals surface area contributed by atoms with Crippen LogP contribution in [0.2, 0.25) is 0 Å². The first-order valence-electron chi connectivity index (χ1n) is 3.51. The largest absolute Gasteiger partial charge is 0.296 e. The van der Waals surface area contributed by atoms with Crippen LogP contribution in [0.5, 0.6) is 0 Å². The molecule has 0 bridgehead atoms. The average Bonchev–Trinajstić information content (AvgIpc) is 2.44. The third kappa shape index (κ3) is 1.70. The summed E-state index contributed by atoms with van der Waals surface area (Å²) in [7, 11) is -3.23. The summed E-state index contributed by atoms with van der Waals surface area (Å²) in [4.78, 5) is 1.83. The third-order valence-electron chi connectivity index (χ3n) is 1.64. The van der Waals surface area contributed by atoms with Crippen molar-refractivity contribution in [3.8, 4) is 0 Å². The van der Waals surface area contributed by atoms with Crippen molar-refractivity contribution in [3.05, 3.63) is 0 Å². The molecule has 0 spiro atoms. The molecule has 0 unspecified atom stereocenters. The van der Waals surface area contributed by atoms with Gasteiger partial charge in [-0.3, -0.25) is 4.90 Å². The fraction of sp³-hybridized carbons (Fsp3) is 0.600. The Bertz CT molecular complexity index is 386. The molecule has 2 aliphatic heterocycles. The molecule has 2 rings (SSSR count). The Kier molecular flexibility index (Phi) is 2.28. The van der Waals surface area contributed by atoms with Gasteiger partial charge >= 0.3 is 0 Å². The van der Waals surface area contributed by atoms with E-state index in [1.54, 1.807) is 0 Å². The Labute approximate surface area is 84.9 Å². The second kappa shape index (κ2) is 3.18. The first kappa shape index (κ1) is 9.35. The van der Waals surface area contributed by atoms with Crippen molar-refractivity contribution in [2.45, 2.75) is 0 Å². The van der Waals surface area contributed by atoms with Crippen LogP contribution in [0, 0.1) is 0 Å². The van der Waals surface area contributed by atoms with E-state index in [0.29, 0.717) is 11.7 Å². The van der Waals surface area contributed by atoms with E-state index in [2.05, 4.69) is 8.80 Å². The Morgan fingerprint density at radius 2 is 2.38 bits per heavy atom. The van der Waals surface area contributed by atoms with Crippen LogP contribution in [-0.2, 0) is 10.0 Å². The zero-order chi connectivity index (χ0) is 9.47. The first-order valence-corrected chi connectivity index (χ1v) is 7.12. The Morgan fingerprint density at radius 1 is 1.62 bits per heavy atom. The van der Waals surface area contributed by atoms with E-state index < -0.39 is 10.0 Å². The van der Waals surface area contributed by atoms with E-state index in [0.717, 1.165) is 17.1 Å². The summed E-state index contributed by atoms with van der Waals surface area (Å²) in [6.07, 6.45) is 1.91. The molecule has 5 nitrogen and oxygen atoms in total.